The molecule has 2 aliphatic rings. The van der Waals surface area contributed by atoms with E-state index >= 15 is 0 Å². The fraction of sp³-hybridized carbons (Fsp3) is 0.556. The Bertz CT molecular complexity index is 734. The van der Waals surface area contributed by atoms with Gasteiger partial charge in [-0.15, -0.1) is 0 Å². The Balaban J connectivity index is 1.60. The molecule has 3 N–H and O–H groups in total. The predicted molar refractivity (Wildman–Crippen MR) is 95.2 cm³/mol. The summed E-state index contributed by atoms with van der Waals surface area (Å²) in [6.07, 6.45) is 3.44. The fourth-order valence-electron chi connectivity index (χ4n) is 3.47. The molecule has 1 atom stereocenters. The Morgan fingerprint density at radius 3 is 3.00 bits per heavy atom. The molecule has 0 aromatic carbocycles. The third kappa shape index (κ3) is 3.70. The van der Waals surface area contributed by atoms with Crippen LogP contribution in [0.5, 0.6) is 0 Å². The Morgan fingerprint density at radius 2 is 2.23 bits per heavy atom. The van der Waals surface area contributed by atoms with Crippen molar-refractivity contribution in [2.75, 3.05) is 13.1 Å². The van der Waals surface area contributed by atoms with Gasteiger partial charge in [-0.05, 0) is 43.0 Å². The van der Waals surface area contributed by atoms with Crippen LogP contribution in [0.3, 0.4) is 0 Å². The highest BCUT2D eigenvalue weighted by molar-refractivity contribution is 6.05. The van der Waals surface area contributed by atoms with Crippen LogP contribution in [0.4, 0.5) is 4.79 Å². The number of pyridine rings is 1. The number of nitrogens with zero attached hydrogens (tertiary/aromatic N) is 2. The first kappa shape index (κ1) is 18.3. The molecule has 0 radical (unpaired) electrons. The first-order valence-electron chi connectivity index (χ1n) is 9.06. The fourth-order valence-corrected chi connectivity index (χ4v) is 3.47. The molecule has 1 aromatic rings. The molecule has 1 aromatic heterocycles. The number of nitrogens with one attached hydrogen (secondary N) is 3. The molecule has 3 heterocycles. The normalized spacial score (nSPS) is 19.3. The van der Waals surface area contributed by atoms with Gasteiger partial charge in [0.25, 0.3) is 5.91 Å². The number of imide groups is 1. The standard InChI is InChI=1S/C18H25N5O3/c1-3-6-23-17(25)15(22-18(23)26)7-16(24)21-10-14-11(2)20-9-12-8-19-5-4-13(12)14/h9,15,19H,3-8,10H2,1-2H3,(H,21,24)(H,22,26)/t15-/m1/s1. The average molecular weight is 359 g/mol. The second-order valence-electron chi connectivity index (χ2n) is 6.73. The minimum Gasteiger partial charge on any atom is -0.352 e. The zero-order valence-corrected chi connectivity index (χ0v) is 15.2. The third-order valence-electron chi connectivity index (χ3n) is 4.88. The quantitative estimate of drug-likeness (QED) is 0.637. The number of aromatic nitrogens is 1. The molecule has 0 unspecified atom stereocenters. The van der Waals surface area contributed by atoms with Crippen molar-refractivity contribution >= 4 is 17.8 Å². The minimum absolute atomic E-state index is 0.0478. The van der Waals surface area contributed by atoms with Crippen LogP contribution in [0.25, 0.3) is 0 Å². The van der Waals surface area contributed by atoms with E-state index in [1.807, 2.05) is 20.0 Å². The van der Waals surface area contributed by atoms with Crippen molar-refractivity contribution in [3.8, 4) is 0 Å². The van der Waals surface area contributed by atoms with Crippen LogP contribution in [0.1, 0.15) is 42.1 Å². The topological polar surface area (TPSA) is 103 Å². The molecule has 8 heteroatoms. The van der Waals surface area contributed by atoms with Crippen molar-refractivity contribution in [2.24, 2.45) is 0 Å². The SMILES string of the molecule is CCCN1C(=O)N[C@H](CC(=O)NCc2c(C)ncc3c2CCNC3)C1=O. The van der Waals surface area contributed by atoms with E-state index in [9.17, 15) is 14.4 Å². The molecule has 0 saturated carbocycles. The number of rotatable bonds is 6. The summed E-state index contributed by atoms with van der Waals surface area (Å²) in [5.74, 6) is -0.582. The number of carbonyl (C=O) groups is 3. The summed E-state index contributed by atoms with van der Waals surface area (Å²) in [6.45, 7) is 6.29. The number of amides is 4. The van der Waals surface area contributed by atoms with Crippen LogP contribution in [0.2, 0.25) is 0 Å². The van der Waals surface area contributed by atoms with Crippen molar-refractivity contribution < 1.29 is 14.4 Å². The van der Waals surface area contributed by atoms with Gasteiger partial charge in [-0.1, -0.05) is 6.92 Å². The molecule has 1 fully saturated rings. The van der Waals surface area contributed by atoms with E-state index < -0.39 is 12.1 Å². The minimum atomic E-state index is -0.776. The molecule has 140 valence electrons. The Labute approximate surface area is 152 Å². The smallest absolute Gasteiger partial charge is 0.324 e. The van der Waals surface area contributed by atoms with Crippen molar-refractivity contribution in [2.45, 2.75) is 52.2 Å². The summed E-state index contributed by atoms with van der Waals surface area (Å²) in [7, 11) is 0. The number of aryl methyl sites for hydroxylation is 1. The van der Waals surface area contributed by atoms with Gasteiger partial charge in [0.05, 0.1) is 6.42 Å². The maximum Gasteiger partial charge on any atom is 0.324 e. The summed E-state index contributed by atoms with van der Waals surface area (Å²) in [5, 5.41) is 8.78. The largest absolute Gasteiger partial charge is 0.352 e. The molecule has 2 aliphatic heterocycles. The molecule has 0 spiro atoms. The maximum absolute atomic E-state index is 12.3. The molecule has 1 saturated heterocycles. The van der Waals surface area contributed by atoms with Crippen LogP contribution in [-0.4, -0.2) is 46.9 Å². The highest BCUT2D eigenvalue weighted by Gasteiger charge is 2.38. The van der Waals surface area contributed by atoms with E-state index in [0.29, 0.717) is 19.5 Å². The van der Waals surface area contributed by atoms with E-state index in [1.165, 1.54) is 16.0 Å². The summed E-state index contributed by atoms with van der Waals surface area (Å²) >= 11 is 0. The molecule has 3 rings (SSSR count). The zero-order chi connectivity index (χ0) is 18.7. The molecule has 0 bridgehead atoms. The van der Waals surface area contributed by atoms with Crippen LogP contribution < -0.4 is 16.0 Å². The molecular weight excluding hydrogens is 334 g/mol. The van der Waals surface area contributed by atoms with Crippen molar-refractivity contribution in [1.82, 2.24) is 25.8 Å². The van der Waals surface area contributed by atoms with E-state index in [0.717, 1.165) is 30.8 Å². The van der Waals surface area contributed by atoms with Gasteiger partial charge in [-0.2, -0.15) is 0 Å². The average Bonchev–Trinajstić information content (AvgIpc) is 2.88. The number of carbonyl (C=O) groups excluding carboxylic acids is 3. The highest BCUT2D eigenvalue weighted by Crippen LogP contribution is 2.20. The number of hydrogen-bond donors (Lipinski definition) is 3. The van der Waals surface area contributed by atoms with Crippen LogP contribution in [0, 0.1) is 6.92 Å². The first-order chi connectivity index (χ1) is 12.5. The Kier molecular flexibility index (Phi) is 5.51. The molecule has 26 heavy (non-hydrogen) atoms. The molecule has 4 amide bonds. The number of hydrogen-bond acceptors (Lipinski definition) is 5. The van der Waals surface area contributed by atoms with Gasteiger partial charge < -0.3 is 16.0 Å². The highest BCUT2D eigenvalue weighted by atomic mass is 16.2. The number of fused-ring (bicyclic) bond motifs is 1. The summed E-state index contributed by atoms with van der Waals surface area (Å²) in [6, 6.07) is -1.19. The van der Waals surface area contributed by atoms with Crippen LogP contribution >= 0.6 is 0 Å². The van der Waals surface area contributed by atoms with Crippen molar-refractivity contribution in [1.29, 1.82) is 0 Å². The van der Waals surface area contributed by atoms with Gasteiger partial charge in [0.1, 0.15) is 6.04 Å². The summed E-state index contributed by atoms with van der Waals surface area (Å²) in [4.78, 5) is 41.9. The summed E-state index contributed by atoms with van der Waals surface area (Å²) < 4.78 is 0. The monoisotopic (exact) mass is 359 g/mol. The Hall–Kier alpha value is -2.48. The first-order valence-corrected chi connectivity index (χ1v) is 9.06. The van der Waals surface area contributed by atoms with Crippen LogP contribution in [-0.2, 0) is 29.1 Å². The van der Waals surface area contributed by atoms with Gasteiger partial charge in [-0.25, -0.2) is 4.79 Å². The van der Waals surface area contributed by atoms with E-state index in [2.05, 4.69) is 20.9 Å². The van der Waals surface area contributed by atoms with Crippen molar-refractivity contribution in [3.63, 3.8) is 0 Å². The van der Waals surface area contributed by atoms with E-state index in [-0.39, 0.29) is 18.2 Å². The lowest BCUT2D eigenvalue weighted by atomic mass is 9.96. The number of urea groups is 1. The van der Waals surface area contributed by atoms with Gasteiger partial charge in [0, 0.05) is 31.5 Å². The van der Waals surface area contributed by atoms with Crippen LogP contribution in [0.15, 0.2) is 6.20 Å². The third-order valence-corrected chi connectivity index (χ3v) is 4.88. The Morgan fingerprint density at radius 1 is 1.42 bits per heavy atom. The van der Waals surface area contributed by atoms with Gasteiger partial charge in [-0.3, -0.25) is 19.5 Å². The lowest BCUT2D eigenvalue weighted by Gasteiger charge is -2.21. The second-order valence-corrected chi connectivity index (χ2v) is 6.73. The molecule has 0 aliphatic carbocycles. The summed E-state index contributed by atoms with van der Waals surface area (Å²) in [5.41, 5.74) is 4.37. The van der Waals surface area contributed by atoms with Gasteiger partial charge in [0.15, 0.2) is 0 Å². The molecular formula is C18H25N5O3. The second kappa shape index (κ2) is 7.82. The predicted octanol–water partition coefficient (Wildman–Crippen LogP) is 0.372. The van der Waals surface area contributed by atoms with Gasteiger partial charge >= 0.3 is 6.03 Å². The van der Waals surface area contributed by atoms with E-state index in [1.54, 1.807) is 0 Å². The van der Waals surface area contributed by atoms with Gasteiger partial charge in [0.2, 0.25) is 5.91 Å². The lowest BCUT2D eigenvalue weighted by Crippen LogP contribution is -2.37. The molecule has 8 nitrogen and oxygen atoms in total. The van der Waals surface area contributed by atoms with E-state index in [4.69, 9.17) is 0 Å². The van der Waals surface area contributed by atoms with Crippen molar-refractivity contribution in [3.05, 3.63) is 28.6 Å². The lowest BCUT2D eigenvalue weighted by molar-refractivity contribution is -0.130. The maximum atomic E-state index is 12.3. The zero-order valence-electron chi connectivity index (χ0n) is 15.2.